The first-order valence-electron chi connectivity index (χ1n) is 4.34. The molecule has 1 aliphatic carbocycles. The second kappa shape index (κ2) is 2.56. The zero-order valence-electron chi connectivity index (χ0n) is 7.42. The van der Waals surface area contributed by atoms with Crippen molar-refractivity contribution in [3.05, 3.63) is 47.1 Å². The van der Waals surface area contributed by atoms with Crippen LogP contribution < -0.4 is 0 Å². The van der Waals surface area contributed by atoms with Gasteiger partial charge in [0, 0.05) is 12.3 Å². The van der Waals surface area contributed by atoms with Gasteiger partial charge in [0.05, 0.1) is 5.56 Å². The van der Waals surface area contributed by atoms with Gasteiger partial charge < -0.3 is 4.85 Å². The van der Waals surface area contributed by atoms with Crippen LogP contribution in [0.1, 0.15) is 18.9 Å². The number of hydrogen-bond donors (Lipinski definition) is 0. The lowest BCUT2D eigenvalue weighted by Crippen LogP contribution is -2.05. The SMILES string of the molecule is [C-]#[N+]C1(c2ccccc2F)CC1C. The fourth-order valence-corrected chi connectivity index (χ4v) is 1.81. The summed E-state index contributed by atoms with van der Waals surface area (Å²) in [4.78, 5) is 3.55. The van der Waals surface area contributed by atoms with Crippen molar-refractivity contribution in [3.63, 3.8) is 0 Å². The molecule has 1 fully saturated rings. The molecule has 1 nitrogen and oxygen atoms in total. The van der Waals surface area contributed by atoms with Crippen LogP contribution in [0.15, 0.2) is 24.3 Å². The molecular weight excluding hydrogens is 165 g/mol. The zero-order valence-corrected chi connectivity index (χ0v) is 7.42. The number of hydrogen-bond acceptors (Lipinski definition) is 0. The van der Waals surface area contributed by atoms with Crippen LogP contribution in [0.5, 0.6) is 0 Å². The summed E-state index contributed by atoms with van der Waals surface area (Å²) < 4.78 is 13.3. The van der Waals surface area contributed by atoms with Crippen molar-refractivity contribution in [1.29, 1.82) is 0 Å². The Labute approximate surface area is 77.0 Å². The average Bonchev–Trinajstić information content (AvgIpc) is 2.79. The van der Waals surface area contributed by atoms with Crippen molar-refractivity contribution in [3.8, 4) is 0 Å². The molecule has 0 saturated heterocycles. The molecule has 0 bridgehead atoms. The minimum Gasteiger partial charge on any atom is -0.305 e. The van der Waals surface area contributed by atoms with Gasteiger partial charge in [-0.25, -0.2) is 11.0 Å². The summed E-state index contributed by atoms with van der Waals surface area (Å²) in [6.07, 6.45) is 0.789. The zero-order chi connectivity index (χ0) is 9.47. The van der Waals surface area contributed by atoms with Crippen molar-refractivity contribution in [1.82, 2.24) is 0 Å². The second-order valence-corrected chi connectivity index (χ2v) is 3.62. The maximum atomic E-state index is 13.3. The molecule has 0 spiro atoms. The van der Waals surface area contributed by atoms with Crippen LogP contribution in [0.4, 0.5) is 4.39 Å². The van der Waals surface area contributed by atoms with Crippen LogP contribution in [-0.4, -0.2) is 0 Å². The third kappa shape index (κ3) is 1.04. The Hall–Kier alpha value is -1.36. The lowest BCUT2D eigenvalue weighted by molar-refractivity contribution is 0.588. The Bertz CT molecular complexity index is 380. The molecule has 0 heterocycles. The van der Waals surface area contributed by atoms with E-state index in [1.165, 1.54) is 6.07 Å². The topological polar surface area (TPSA) is 4.36 Å². The van der Waals surface area contributed by atoms with Gasteiger partial charge in [-0.2, -0.15) is 0 Å². The lowest BCUT2D eigenvalue weighted by Gasteiger charge is -2.04. The van der Waals surface area contributed by atoms with E-state index < -0.39 is 5.54 Å². The summed E-state index contributed by atoms with van der Waals surface area (Å²) in [5.41, 5.74) is 0.0169. The summed E-state index contributed by atoms with van der Waals surface area (Å²) >= 11 is 0. The van der Waals surface area contributed by atoms with E-state index in [2.05, 4.69) is 4.85 Å². The quantitative estimate of drug-likeness (QED) is 0.578. The van der Waals surface area contributed by atoms with E-state index in [1.807, 2.05) is 6.92 Å². The van der Waals surface area contributed by atoms with E-state index >= 15 is 0 Å². The molecular formula is C11H10FN. The predicted molar refractivity (Wildman–Crippen MR) is 48.5 cm³/mol. The maximum Gasteiger partial charge on any atom is 0.263 e. The Kier molecular flexibility index (Phi) is 1.63. The highest BCUT2D eigenvalue weighted by atomic mass is 19.1. The highest BCUT2D eigenvalue weighted by Crippen LogP contribution is 2.55. The van der Waals surface area contributed by atoms with Gasteiger partial charge in [0.15, 0.2) is 0 Å². The van der Waals surface area contributed by atoms with Crippen LogP contribution >= 0.6 is 0 Å². The molecule has 0 aromatic heterocycles. The first-order valence-corrected chi connectivity index (χ1v) is 4.34. The Morgan fingerprint density at radius 3 is 2.62 bits per heavy atom. The number of rotatable bonds is 1. The highest BCUT2D eigenvalue weighted by molar-refractivity contribution is 5.37. The molecule has 2 atom stereocenters. The summed E-state index contributed by atoms with van der Waals surface area (Å²) in [7, 11) is 0. The van der Waals surface area contributed by atoms with Crippen LogP contribution in [0.3, 0.4) is 0 Å². The van der Waals surface area contributed by atoms with Crippen molar-refractivity contribution in [2.75, 3.05) is 0 Å². The molecule has 1 aliphatic rings. The standard InChI is InChI=1S/C11H10FN/c1-8-7-11(8,13-2)9-5-3-4-6-10(9)12/h3-6,8H,7H2,1H3. The van der Waals surface area contributed by atoms with Gasteiger partial charge in [-0.15, -0.1) is 0 Å². The molecule has 13 heavy (non-hydrogen) atoms. The fourth-order valence-electron chi connectivity index (χ4n) is 1.81. The van der Waals surface area contributed by atoms with Crippen molar-refractivity contribution >= 4 is 0 Å². The van der Waals surface area contributed by atoms with Crippen LogP contribution in [0, 0.1) is 18.3 Å². The van der Waals surface area contributed by atoms with Gasteiger partial charge in [0.2, 0.25) is 0 Å². The largest absolute Gasteiger partial charge is 0.305 e. The van der Waals surface area contributed by atoms with Gasteiger partial charge in [-0.3, -0.25) is 0 Å². The predicted octanol–water partition coefficient (Wildman–Crippen LogP) is 2.98. The van der Waals surface area contributed by atoms with Crippen LogP contribution in [-0.2, 0) is 5.54 Å². The first kappa shape index (κ1) is 8.25. The fraction of sp³-hybridized carbons (Fsp3) is 0.364. The molecule has 0 amide bonds. The van der Waals surface area contributed by atoms with E-state index in [9.17, 15) is 4.39 Å². The Morgan fingerprint density at radius 2 is 2.15 bits per heavy atom. The van der Waals surface area contributed by atoms with Crippen LogP contribution in [0.25, 0.3) is 4.85 Å². The molecule has 1 aromatic rings. The lowest BCUT2D eigenvalue weighted by atomic mass is 10.0. The molecule has 2 rings (SSSR count). The van der Waals surface area contributed by atoms with Crippen molar-refractivity contribution in [2.24, 2.45) is 5.92 Å². The van der Waals surface area contributed by atoms with E-state index in [1.54, 1.807) is 18.2 Å². The number of nitrogens with zero attached hydrogens (tertiary/aromatic N) is 1. The normalized spacial score (nSPS) is 31.0. The number of halogens is 1. The molecule has 1 aromatic carbocycles. The Morgan fingerprint density at radius 1 is 1.54 bits per heavy atom. The van der Waals surface area contributed by atoms with Gasteiger partial charge in [0.1, 0.15) is 5.82 Å². The Balaban J connectivity index is 2.48. The summed E-state index contributed by atoms with van der Waals surface area (Å²) in [6, 6.07) is 6.59. The minimum atomic E-state index is -0.550. The summed E-state index contributed by atoms with van der Waals surface area (Å²) in [6.45, 7) is 9.08. The highest BCUT2D eigenvalue weighted by Gasteiger charge is 2.62. The third-order valence-corrected chi connectivity index (χ3v) is 2.81. The van der Waals surface area contributed by atoms with Crippen molar-refractivity contribution < 1.29 is 4.39 Å². The molecule has 2 heteroatoms. The third-order valence-electron chi connectivity index (χ3n) is 2.81. The van der Waals surface area contributed by atoms with Gasteiger partial charge >= 0.3 is 0 Å². The molecule has 1 saturated carbocycles. The molecule has 66 valence electrons. The van der Waals surface area contributed by atoms with Gasteiger partial charge in [0.25, 0.3) is 5.54 Å². The van der Waals surface area contributed by atoms with E-state index in [0.717, 1.165) is 6.42 Å². The first-order chi connectivity index (χ1) is 6.20. The van der Waals surface area contributed by atoms with Crippen molar-refractivity contribution in [2.45, 2.75) is 18.9 Å². The monoisotopic (exact) mass is 175 g/mol. The average molecular weight is 175 g/mol. The smallest absolute Gasteiger partial charge is 0.263 e. The maximum absolute atomic E-state index is 13.3. The van der Waals surface area contributed by atoms with Gasteiger partial charge in [-0.1, -0.05) is 19.1 Å². The van der Waals surface area contributed by atoms with Gasteiger partial charge in [-0.05, 0) is 12.1 Å². The van der Waals surface area contributed by atoms with E-state index in [0.29, 0.717) is 11.5 Å². The minimum absolute atomic E-state index is 0.247. The summed E-state index contributed by atoms with van der Waals surface area (Å²) in [5, 5.41) is 0. The summed E-state index contributed by atoms with van der Waals surface area (Å²) in [5.74, 6) is 0.0461. The molecule has 0 radical (unpaired) electrons. The van der Waals surface area contributed by atoms with Crippen LogP contribution in [0.2, 0.25) is 0 Å². The molecule has 0 N–H and O–H groups in total. The van der Waals surface area contributed by atoms with E-state index in [4.69, 9.17) is 6.57 Å². The molecule has 2 unspecified atom stereocenters. The number of benzene rings is 1. The van der Waals surface area contributed by atoms with E-state index in [-0.39, 0.29) is 5.82 Å². The molecule has 0 aliphatic heterocycles. The second-order valence-electron chi connectivity index (χ2n) is 3.62.